The Morgan fingerprint density at radius 2 is 1.90 bits per heavy atom. The summed E-state index contributed by atoms with van der Waals surface area (Å²) in [4.78, 5) is 25.8. The number of fused-ring (bicyclic) bond motifs is 1. The van der Waals surface area contributed by atoms with E-state index in [9.17, 15) is 14.7 Å². The Hall–Kier alpha value is -1.30. The lowest BCUT2D eigenvalue weighted by Crippen LogP contribution is -2.61. The van der Waals surface area contributed by atoms with E-state index in [0.29, 0.717) is 25.6 Å². The highest BCUT2D eigenvalue weighted by atomic mass is 16.5. The lowest BCUT2D eigenvalue weighted by molar-refractivity contribution is -0.145. The van der Waals surface area contributed by atoms with E-state index in [4.69, 9.17) is 4.74 Å². The van der Waals surface area contributed by atoms with E-state index in [2.05, 4.69) is 5.32 Å². The summed E-state index contributed by atoms with van der Waals surface area (Å²) in [7, 11) is 0. The maximum atomic E-state index is 12.6. The fourth-order valence-electron chi connectivity index (χ4n) is 4.07. The number of amides is 2. The molecule has 0 radical (unpaired) electrons. The molecule has 6 heteroatoms. The number of piperidine rings is 1. The van der Waals surface area contributed by atoms with Crippen molar-refractivity contribution in [3.05, 3.63) is 0 Å². The van der Waals surface area contributed by atoms with Crippen LogP contribution >= 0.6 is 0 Å². The SMILES string of the molecule is O=C(O)C1CCC2CCCCC2N1C(=O)NC1CCOC1. The molecule has 0 bridgehead atoms. The first kappa shape index (κ1) is 14.6. The molecule has 0 aromatic heterocycles. The van der Waals surface area contributed by atoms with Crippen LogP contribution in [0.5, 0.6) is 0 Å². The summed E-state index contributed by atoms with van der Waals surface area (Å²) >= 11 is 0. The molecule has 2 saturated heterocycles. The van der Waals surface area contributed by atoms with Gasteiger partial charge < -0.3 is 20.1 Å². The van der Waals surface area contributed by atoms with Gasteiger partial charge in [0.2, 0.25) is 0 Å². The number of rotatable bonds is 2. The number of carboxylic acid groups (broad SMARTS) is 1. The van der Waals surface area contributed by atoms with Crippen molar-refractivity contribution in [2.24, 2.45) is 5.92 Å². The quantitative estimate of drug-likeness (QED) is 0.811. The van der Waals surface area contributed by atoms with Gasteiger partial charge in [0.15, 0.2) is 0 Å². The van der Waals surface area contributed by atoms with E-state index in [1.807, 2.05) is 0 Å². The minimum absolute atomic E-state index is 0.0240. The Morgan fingerprint density at radius 1 is 1.10 bits per heavy atom. The van der Waals surface area contributed by atoms with Crippen molar-refractivity contribution < 1.29 is 19.4 Å². The second-order valence-electron chi connectivity index (χ2n) is 6.46. The van der Waals surface area contributed by atoms with Gasteiger partial charge >= 0.3 is 12.0 Å². The standard InChI is InChI=1S/C15H24N2O4/c18-14(19)13-6-5-10-3-1-2-4-12(10)17(13)15(20)16-11-7-8-21-9-11/h10-13H,1-9H2,(H,16,20)(H,18,19). The topological polar surface area (TPSA) is 78.9 Å². The number of likely N-dealkylation sites (tertiary alicyclic amines) is 1. The van der Waals surface area contributed by atoms with E-state index < -0.39 is 12.0 Å². The van der Waals surface area contributed by atoms with Gasteiger partial charge in [0.25, 0.3) is 0 Å². The highest BCUT2D eigenvalue weighted by Crippen LogP contribution is 2.38. The molecular weight excluding hydrogens is 272 g/mol. The highest BCUT2D eigenvalue weighted by molar-refractivity contribution is 5.83. The number of carbonyl (C=O) groups excluding carboxylic acids is 1. The molecule has 2 aliphatic heterocycles. The minimum Gasteiger partial charge on any atom is -0.480 e. The zero-order valence-electron chi connectivity index (χ0n) is 12.3. The van der Waals surface area contributed by atoms with E-state index in [1.165, 1.54) is 6.42 Å². The van der Waals surface area contributed by atoms with Crippen LogP contribution < -0.4 is 5.32 Å². The molecule has 1 aliphatic carbocycles. The lowest BCUT2D eigenvalue weighted by Gasteiger charge is -2.47. The third-order valence-electron chi connectivity index (χ3n) is 5.15. The van der Waals surface area contributed by atoms with Gasteiger partial charge in [-0.1, -0.05) is 12.8 Å². The third-order valence-corrected chi connectivity index (χ3v) is 5.15. The fourth-order valence-corrected chi connectivity index (χ4v) is 4.07. The zero-order valence-corrected chi connectivity index (χ0v) is 12.3. The van der Waals surface area contributed by atoms with Crippen molar-refractivity contribution in [1.82, 2.24) is 10.2 Å². The summed E-state index contributed by atoms with van der Waals surface area (Å²) < 4.78 is 5.28. The van der Waals surface area contributed by atoms with Gasteiger partial charge in [-0.2, -0.15) is 0 Å². The maximum absolute atomic E-state index is 12.6. The summed E-state index contributed by atoms with van der Waals surface area (Å²) in [5, 5.41) is 12.4. The summed E-state index contributed by atoms with van der Waals surface area (Å²) in [5.41, 5.74) is 0. The average Bonchev–Trinajstić information content (AvgIpc) is 2.98. The second-order valence-corrected chi connectivity index (χ2v) is 6.46. The second kappa shape index (κ2) is 6.22. The molecule has 0 aromatic carbocycles. The van der Waals surface area contributed by atoms with E-state index >= 15 is 0 Å². The van der Waals surface area contributed by atoms with Gasteiger partial charge in [-0.15, -0.1) is 0 Å². The van der Waals surface area contributed by atoms with E-state index in [0.717, 1.165) is 32.1 Å². The van der Waals surface area contributed by atoms with Gasteiger partial charge in [-0.25, -0.2) is 9.59 Å². The largest absolute Gasteiger partial charge is 0.480 e. The van der Waals surface area contributed by atoms with E-state index in [1.54, 1.807) is 4.90 Å². The van der Waals surface area contributed by atoms with Crippen LogP contribution in [0.1, 0.15) is 44.9 Å². The Morgan fingerprint density at radius 3 is 2.62 bits per heavy atom. The van der Waals surface area contributed by atoms with Crippen molar-refractivity contribution >= 4 is 12.0 Å². The van der Waals surface area contributed by atoms with Crippen LogP contribution in [0.2, 0.25) is 0 Å². The van der Waals surface area contributed by atoms with Crippen LogP contribution in [-0.4, -0.2) is 53.3 Å². The normalized spacial score (nSPS) is 36.1. The summed E-state index contributed by atoms with van der Waals surface area (Å²) in [6, 6.07) is -0.770. The van der Waals surface area contributed by atoms with Crippen molar-refractivity contribution in [3.8, 4) is 0 Å². The first-order valence-electron chi connectivity index (χ1n) is 8.06. The Bertz CT molecular complexity index is 408. The molecule has 2 amide bonds. The number of urea groups is 1. The average molecular weight is 296 g/mol. The lowest BCUT2D eigenvalue weighted by atomic mass is 9.76. The van der Waals surface area contributed by atoms with Gasteiger partial charge in [0.05, 0.1) is 12.6 Å². The van der Waals surface area contributed by atoms with Crippen LogP contribution in [0.25, 0.3) is 0 Å². The molecule has 2 heterocycles. The van der Waals surface area contributed by atoms with Gasteiger partial charge in [-0.05, 0) is 38.0 Å². The van der Waals surface area contributed by atoms with Crippen molar-refractivity contribution in [3.63, 3.8) is 0 Å². The third kappa shape index (κ3) is 3.00. The smallest absolute Gasteiger partial charge is 0.326 e. The van der Waals surface area contributed by atoms with Crippen LogP contribution in [0.4, 0.5) is 4.79 Å². The van der Waals surface area contributed by atoms with Gasteiger partial charge in [-0.3, -0.25) is 0 Å². The fraction of sp³-hybridized carbons (Fsp3) is 0.867. The van der Waals surface area contributed by atoms with Crippen LogP contribution in [-0.2, 0) is 9.53 Å². The highest BCUT2D eigenvalue weighted by Gasteiger charge is 2.44. The number of aliphatic carboxylic acids is 1. The first-order valence-corrected chi connectivity index (χ1v) is 8.06. The minimum atomic E-state index is -0.878. The van der Waals surface area contributed by atoms with E-state index in [-0.39, 0.29) is 18.1 Å². The van der Waals surface area contributed by atoms with Crippen LogP contribution in [0.3, 0.4) is 0 Å². The van der Waals surface area contributed by atoms with Crippen molar-refractivity contribution in [2.45, 2.75) is 63.1 Å². The Kier molecular flexibility index (Phi) is 4.33. The monoisotopic (exact) mass is 296 g/mol. The number of nitrogens with one attached hydrogen (secondary N) is 1. The Labute approximate surface area is 124 Å². The number of ether oxygens (including phenoxy) is 1. The molecule has 4 unspecified atom stereocenters. The summed E-state index contributed by atoms with van der Waals surface area (Å²) in [6.45, 7) is 1.20. The van der Waals surface area contributed by atoms with Gasteiger partial charge in [0.1, 0.15) is 6.04 Å². The number of carbonyl (C=O) groups is 2. The molecule has 3 fully saturated rings. The summed E-state index contributed by atoms with van der Waals surface area (Å²) in [6.07, 6.45) is 6.65. The number of hydrogen-bond acceptors (Lipinski definition) is 3. The molecule has 0 spiro atoms. The number of hydrogen-bond donors (Lipinski definition) is 2. The molecule has 1 saturated carbocycles. The molecule has 3 aliphatic rings. The molecule has 0 aromatic rings. The number of nitrogens with zero attached hydrogens (tertiary/aromatic N) is 1. The molecule has 118 valence electrons. The van der Waals surface area contributed by atoms with Crippen LogP contribution in [0.15, 0.2) is 0 Å². The van der Waals surface area contributed by atoms with Crippen molar-refractivity contribution in [2.75, 3.05) is 13.2 Å². The molecule has 21 heavy (non-hydrogen) atoms. The molecular formula is C15H24N2O4. The molecule has 6 nitrogen and oxygen atoms in total. The number of carboxylic acids is 1. The van der Waals surface area contributed by atoms with Crippen LogP contribution in [0, 0.1) is 5.92 Å². The molecule has 3 rings (SSSR count). The predicted molar refractivity (Wildman–Crippen MR) is 76.0 cm³/mol. The van der Waals surface area contributed by atoms with Crippen molar-refractivity contribution in [1.29, 1.82) is 0 Å². The molecule has 2 N–H and O–H groups in total. The molecule has 4 atom stereocenters. The maximum Gasteiger partial charge on any atom is 0.326 e. The predicted octanol–water partition coefficient (Wildman–Crippen LogP) is 1.59. The zero-order chi connectivity index (χ0) is 14.8. The van der Waals surface area contributed by atoms with Gasteiger partial charge in [0, 0.05) is 12.6 Å². The summed E-state index contributed by atoms with van der Waals surface area (Å²) in [5.74, 6) is -0.406. The first-order chi connectivity index (χ1) is 10.2. The Balaban J connectivity index is 1.74.